The van der Waals surface area contributed by atoms with Gasteiger partial charge < -0.3 is 9.47 Å². The topological polar surface area (TPSA) is 83.3 Å². The number of methoxy groups -OCH3 is 1. The summed E-state index contributed by atoms with van der Waals surface area (Å²) in [4.78, 5) is 33.6. The van der Waals surface area contributed by atoms with Crippen molar-refractivity contribution in [3.63, 3.8) is 0 Å². The molecule has 9 heteroatoms. The number of benzene rings is 1. The van der Waals surface area contributed by atoms with Crippen molar-refractivity contribution in [2.24, 2.45) is 7.05 Å². The summed E-state index contributed by atoms with van der Waals surface area (Å²) in [5, 5.41) is 3.07. The quantitative estimate of drug-likeness (QED) is 0.297. The summed E-state index contributed by atoms with van der Waals surface area (Å²) in [6.45, 7) is 3.92. The Morgan fingerprint density at radius 1 is 1.30 bits per heavy atom. The lowest BCUT2D eigenvalue weighted by molar-refractivity contribution is 0.0520. The highest BCUT2D eigenvalue weighted by atomic mass is 32.2. The molecule has 0 saturated carbocycles. The second kappa shape index (κ2) is 9.90. The lowest BCUT2D eigenvalue weighted by Crippen LogP contribution is -2.25. The van der Waals surface area contributed by atoms with Gasteiger partial charge in [0.15, 0.2) is 10.9 Å². The number of aryl methyl sites for hydroxylation is 1. The highest BCUT2D eigenvalue weighted by molar-refractivity contribution is 7.98. The molecule has 30 heavy (non-hydrogen) atoms. The monoisotopic (exact) mass is 445 g/mol. The minimum absolute atomic E-state index is 0.0702. The van der Waals surface area contributed by atoms with Crippen molar-refractivity contribution in [1.29, 1.82) is 0 Å². The summed E-state index contributed by atoms with van der Waals surface area (Å²) in [5.74, 6) is 0.847. The molecule has 0 bridgehead atoms. The van der Waals surface area contributed by atoms with Crippen molar-refractivity contribution in [3.8, 4) is 5.75 Å². The Morgan fingerprint density at radius 3 is 2.83 bits per heavy atom. The van der Waals surface area contributed by atoms with Crippen LogP contribution >= 0.6 is 23.1 Å². The highest BCUT2D eigenvalue weighted by Crippen LogP contribution is 2.24. The second-order valence-electron chi connectivity index (χ2n) is 6.49. The Balaban J connectivity index is 1.76. The van der Waals surface area contributed by atoms with E-state index in [-0.39, 0.29) is 5.56 Å². The van der Waals surface area contributed by atoms with Gasteiger partial charge in [-0.25, -0.2) is 14.8 Å². The van der Waals surface area contributed by atoms with Gasteiger partial charge in [0, 0.05) is 30.1 Å². The van der Waals surface area contributed by atoms with E-state index in [1.165, 1.54) is 23.1 Å². The fourth-order valence-corrected chi connectivity index (χ4v) is 4.64. The van der Waals surface area contributed by atoms with Gasteiger partial charge in [0.1, 0.15) is 10.8 Å². The van der Waals surface area contributed by atoms with E-state index in [0.717, 1.165) is 16.3 Å². The van der Waals surface area contributed by atoms with E-state index in [1.807, 2.05) is 31.2 Å². The molecule has 0 N–H and O–H groups in total. The Bertz CT molecular complexity index is 1110. The third-order valence-corrected chi connectivity index (χ3v) is 6.50. The molecular weight excluding hydrogens is 422 g/mol. The van der Waals surface area contributed by atoms with Crippen LogP contribution in [-0.2, 0) is 24.0 Å². The van der Waals surface area contributed by atoms with E-state index < -0.39 is 5.97 Å². The predicted octanol–water partition coefficient (Wildman–Crippen LogP) is 3.61. The van der Waals surface area contributed by atoms with Crippen molar-refractivity contribution >= 4 is 29.1 Å². The van der Waals surface area contributed by atoms with Crippen LogP contribution in [0.2, 0.25) is 0 Å². The third-order valence-electron chi connectivity index (χ3n) is 4.43. The molecule has 0 saturated heterocycles. The molecule has 0 aliphatic rings. The van der Waals surface area contributed by atoms with E-state index in [4.69, 9.17) is 9.47 Å². The maximum atomic E-state index is 13.0. The van der Waals surface area contributed by atoms with Gasteiger partial charge in [-0.15, -0.1) is 11.3 Å². The number of ether oxygens (including phenoxy) is 2. The number of thioether (sulfide) groups is 1. The minimum Gasteiger partial charge on any atom is -0.497 e. The number of carbonyl (C=O) groups is 1. The first kappa shape index (κ1) is 22.0. The summed E-state index contributed by atoms with van der Waals surface area (Å²) in [6, 6.07) is 7.67. The normalized spacial score (nSPS) is 10.8. The van der Waals surface area contributed by atoms with E-state index in [0.29, 0.717) is 40.9 Å². The molecular formula is C21H23N3O4S2. The van der Waals surface area contributed by atoms with Crippen LogP contribution in [0.3, 0.4) is 0 Å². The maximum Gasteiger partial charge on any atom is 0.357 e. The zero-order valence-electron chi connectivity index (χ0n) is 17.3. The van der Waals surface area contributed by atoms with Crippen LogP contribution in [-0.4, -0.2) is 34.2 Å². The largest absolute Gasteiger partial charge is 0.497 e. The van der Waals surface area contributed by atoms with Crippen LogP contribution in [0.4, 0.5) is 0 Å². The van der Waals surface area contributed by atoms with Crippen LogP contribution < -0.4 is 10.3 Å². The number of thiazole rings is 1. The molecule has 0 spiro atoms. The number of aromatic nitrogens is 3. The number of hydrogen-bond acceptors (Lipinski definition) is 8. The van der Waals surface area contributed by atoms with Crippen LogP contribution in [0.1, 0.15) is 39.2 Å². The molecule has 7 nitrogen and oxygen atoms in total. The van der Waals surface area contributed by atoms with Crippen molar-refractivity contribution in [2.75, 3.05) is 13.7 Å². The maximum absolute atomic E-state index is 13.0. The molecule has 0 amide bonds. The molecule has 0 atom stereocenters. The molecule has 1 aromatic carbocycles. The summed E-state index contributed by atoms with van der Waals surface area (Å²) in [7, 11) is 3.34. The molecule has 0 unspecified atom stereocenters. The summed E-state index contributed by atoms with van der Waals surface area (Å²) < 4.78 is 11.8. The SMILES string of the molecule is CCOC(=O)c1csc(CSc2nc(C)c(Cc3cccc(OC)c3)c(=O)n2C)n1. The Kier molecular flexibility index (Phi) is 7.28. The van der Waals surface area contributed by atoms with Crippen LogP contribution in [0.25, 0.3) is 0 Å². The van der Waals surface area contributed by atoms with Crippen LogP contribution in [0.15, 0.2) is 39.6 Å². The van der Waals surface area contributed by atoms with E-state index >= 15 is 0 Å². The average Bonchev–Trinajstić information content (AvgIpc) is 3.22. The van der Waals surface area contributed by atoms with Crippen LogP contribution in [0, 0.1) is 6.92 Å². The molecule has 158 valence electrons. The van der Waals surface area contributed by atoms with Crippen molar-refractivity contribution < 1.29 is 14.3 Å². The van der Waals surface area contributed by atoms with Gasteiger partial charge in [0.25, 0.3) is 5.56 Å². The van der Waals surface area contributed by atoms with Gasteiger partial charge >= 0.3 is 5.97 Å². The van der Waals surface area contributed by atoms with Crippen molar-refractivity contribution in [3.05, 3.63) is 67.5 Å². The Hall–Kier alpha value is -2.65. The highest BCUT2D eigenvalue weighted by Gasteiger charge is 2.15. The van der Waals surface area contributed by atoms with Gasteiger partial charge in [0.05, 0.1) is 19.5 Å². The number of hydrogen-bond donors (Lipinski definition) is 0. The zero-order chi connectivity index (χ0) is 21.7. The average molecular weight is 446 g/mol. The summed E-state index contributed by atoms with van der Waals surface area (Å²) in [5.41, 5.74) is 2.60. The Labute approximate surface area is 183 Å². The summed E-state index contributed by atoms with van der Waals surface area (Å²) >= 11 is 2.80. The standard InChI is InChI=1S/C21H23N3O4S2/c1-5-28-20(26)17-11-29-18(23-17)12-30-21-22-13(2)16(19(25)24(21)3)10-14-7-6-8-15(9-14)27-4/h6-9,11H,5,10,12H2,1-4H3. The molecule has 0 aliphatic heterocycles. The third kappa shape index (κ3) is 5.09. The van der Waals surface area contributed by atoms with Gasteiger partial charge in [0.2, 0.25) is 0 Å². The first-order chi connectivity index (χ1) is 14.4. The molecule has 3 rings (SSSR count). The fourth-order valence-electron chi connectivity index (χ4n) is 2.85. The van der Waals surface area contributed by atoms with Gasteiger partial charge in [-0.2, -0.15) is 0 Å². The van der Waals surface area contributed by atoms with Gasteiger partial charge in [-0.3, -0.25) is 9.36 Å². The van der Waals surface area contributed by atoms with E-state index in [1.54, 1.807) is 31.0 Å². The predicted molar refractivity (Wildman–Crippen MR) is 118 cm³/mol. The molecule has 0 radical (unpaired) electrons. The number of esters is 1. The number of rotatable bonds is 8. The zero-order valence-corrected chi connectivity index (χ0v) is 18.9. The van der Waals surface area contributed by atoms with Gasteiger partial charge in [-0.1, -0.05) is 23.9 Å². The smallest absolute Gasteiger partial charge is 0.357 e. The van der Waals surface area contributed by atoms with E-state index in [9.17, 15) is 9.59 Å². The molecule has 2 aromatic heterocycles. The lowest BCUT2D eigenvalue weighted by atomic mass is 10.0. The minimum atomic E-state index is -0.423. The number of nitrogens with zero attached hydrogens (tertiary/aromatic N) is 3. The van der Waals surface area contributed by atoms with Crippen molar-refractivity contribution in [1.82, 2.24) is 14.5 Å². The molecule has 2 heterocycles. The first-order valence-electron chi connectivity index (χ1n) is 9.36. The van der Waals surface area contributed by atoms with E-state index in [2.05, 4.69) is 9.97 Å². The first-order valence-corrected chi connectivity index (χ1v) is 11.2. The molecule has 3 aromatic rings. The second-order valence-corrected chi connectivity index (χ2v) is 8.37. The van der Waals surface area contributed by atoms with Gasteiger partial charge in [-0.05, 0) is 31.5 Å². The molecule has 0 fully saturated rings. The van der Waals surface area contributed by atoms with Crippen molar-refractivity contribution in [2.45, 2.75) is 31.2 Å². The fraction of sp³-hybridized carbons (Fsp3) is 0.333. The number of carbonyl (C=O) groups excluding carboxylic acids is 1. The molecule has 0 aliphatic carbocycles. The lowest BCUT2D eigenvalue weighted by Gasteiger charge is -2.12. The summed E-state index contributed by atoms with van der Waals surface area (Å²) in [6.07, 6.45) is 0.489. The van der Waals surface area contributed by atoms with Crippen LogP contribution in [0.5, 0.6) is 5.75 Å². The Morgan fingerprint density at radius 2 is 2.10 bits per heavy atom.